The highest BCUT2D eigenvalue weighted by Crippen LogP contribution is 2.43. The number of aromatic nitrogens is 4. The first-order valence-electron chi connectivity index (χ1n) is 7.96. The average Bonchev–Trinajstić information content (AvgIpc) is 3.05. The summed E-state index contributed by atoms with van der Waals surface area (Å²) in [4.78, 5) is 1.87. The van der Waals surface area contributed by atoms with Crippen molar-refractivity contribution in [2.24, 2.45) is 0 Å². The Bertz CT molecular complexity index is 960. The van der Waals surface area contributed by atoms with Crippen molar-refractivity contribution in [3.63, 3.8) is 0 Å². The fourth-order valence-corrected chi connectivity index (χ4v) is 3.08. The first kappa shape index (κ1) is 16.9. The van der Waals surface area contributed by atoms with Crippen LogP contribution in [-0.2, 0) is 5.92 Å². The Labute approximate surface area is 143 Å². The molecule has 1 aliphatic rings. The van der Waals surface area contributed by atoms with Gasteiger partial charge >= 0.3 is 12.1 Å². The highest BCUT2D eigenvalue weighted by atomic mass is 19.4. The van der Waals surface area contributed by atoms with E-state index in [4.69, 9.17) is 0 Å². The molecule has 26 heavy (non-hydrogen) atoms. The maximum Gasteiger partial charge on any atom is 0.461 e. The Morgan fingerprint density at radius 1 is 0.923 bits per heavy atom. The summed E-state index contributed by atoms with van der Waals surface area (Å²) >= 11 is 0. The minimum atomic E-state index is -5.79. The summed E-state index contributed by atoms with van der Waals surface area (Å²) in [6, 6.07) is 6.76. The normalized spacial score (nSPS) is 16.6. The number of halogens is 5. The summed E-state index contributed by atoms with van der Waals surface area (Å²) in [7, 11) is 0. The van der Waals surface area contributed by atoms with Crippen LogP contribution in [0.15, 0.2) is 24.3 Å². The van der Waals surface area contributed by atoms with E-state index in [0.717, 1.165) is 13.1 Å². The molecule has 0 bridgehead atoms. The summed E-state index contributed by atoms with van der Waals surface area (Å²) in [6.07, 6.45) is -5.79. The molecule has 3 heterocycles. The lowest BCUT2D eigenvalue weighted by Crippen LogP contribution is -2.89. The van der Waals surface area contributed by atoms with Crippen LogP contribution in [0.3, 0.4) is 0 Å². The van der Waals surface area contributed by atoms with Crippen LogP contribution in [0.1, 0.15) is 5.82 Å². The van der Waals surface area contributed by atoms with Gasteiger partial charge in [-0.05, 0) is 0 Å². The Kier molecular flexibility index (Phi) is 3.72. The number of quaternary nitrogens is 1. The third-order valence-electron chi connectivity index (χ3n) is 4.39. The first-order chi connectivity index (χ1) is 12.3. The quantitative estimate of drug-likeness (QED) is 0.689. The van der Waals surface area contributed by atoms with E-state index in [0.29, 0.717) is 34.2 Å². The van der Waals surface area contributed by atoms with E-state index < -0.39 is 17.9 Å². The lowest BCUT2D eigenvalue weighted by Gasteiger charge is -2.27. The number of fused-ring (bicyclic) bond motifs is 3. The van der Waals surface area contributed by atoms with Crippen LogP contribution in [0.4, 0.5) is 27.8 Å². The molecule has 1 saturated heterocycles. The molecule has 0 aliphatic carbocycles. The van der Waals surface area contributed by atoms with Gasteiger partial charge in [0.1, 0.15) is 0 Å². The topological polar surface area (TPSA) is 62.9 Å². The zero-order valence-corrected chi connectivity index (χ0v) is 13.3. The van der Waals surface area contributed by atoms with Crippen LogP contribution >= 0.6 is 0 Å². The maximum atomic E-state index is 13.9. The van der Waals surface area contributed by atoms with Crippen molar-refractivity contribution in [3.8, 4) is 0 Å². The van der Waals surface area contributed by atoms with Gasteiger partial charge in [-0.1, -0.05) is 24.3 Å². The second kappa shape index (κ2) is 5.73. The molecule has 1 fully saturated rings. The third-order valence-corrected chi connectivity index (χ3v) is 4.39. The van der Waals surface area contributed by atoms with Gasteiger partial charge in [0, 0.05) is 10.8 Å². The van der Waals surface area contributed by atoms with Crippen LogP contribution < -0.4 is 10.2 Å². The molecule has 0 spiro atoms. The van der Waals surface area contributed by atoms with Gasteiger partial charge in [-0.25, -0.2) is 0 Å². The number of hydrogen-bond acceptors (Lipinski definition) is 4. The molecule has 2 aromatic heterocycles. The van der Waals surface area contributed by atoms with Crippen molar-refractivity contribution in [1.82, 2.24) is 19.8 Å². The van der Waals surface area contributed by atoms with E-state index in [1.165, 1.54) is 0 Å². The van der Waals surface area contributed by atoms with Crippen molar-refractivity contribution < 1.29 is 27.3 Å². The minimum Gasteiger partial charge on any atom is -0.343 e. The molecular formula is C15H14F5N6+. The summed E-state index contributed by atoms with van der Waals surface area (Å²) in [5, 5.41) is 13.9. The molecule has 2 N–H and O–H groups in total. The maximum absolute atomic E-state index is 13.9. The van der Waals surface area contributed by atoms with Gasteiger partial charge in [0.05, 0.1) is 26.2 Å². The van der Waals surface area contributed by atoms with Gasteiger partial charge in [-0.3, -0.25) is 0 Å². The van der Waals surface area contributed by atoms with E-state index in [1.807, 2.05) is 4.90 Å². The molecule has 0 atom stereocenters. The number of hydrogen-bond donors (Lipinski definition) is 1. The molecule has 11 heteroatoms. The molecule has 0 unspecified atom stereocenters. The fraction of sp³-hybridized carbons (Fsp3) is 0.400. The molecule has 1 aliphatic heterocycles. The van der Waals surface area contributed by atoms with Crippen LogP contribution in [0.25, 0.3) is 16.4 Å². The number of anilines is 1. The number of alkyl halides is 5. The van der Waals surface area contributed by atoms with Crippen LogP contribution in [0, 0.1) is 0 Å². The highest BCUT2D eigenvalue weighted by Gasteiger charge is 2.62. The molecule has 4 rings (SSSR count). The number of rotatable bonds is 2. The van der Waals surface area contributed by atoms with E-state index in [9.17, 15) is 22.0 Å². The van der Waals surface area contributed by atoms with Crippen molar-refractivity contribution >= 4 is 22.2 Å². The van der Waals surface area contributed by atoms with Crippen LogP contribution in [-0.4, -0.2) is 52.2 Å². The van der Waals surface area contributed by atoms with E-state index in [1.54, 1.807) is 24.3 Å². The molecular weight excluding hydrogens is 359 g/mol. The van der Waals surface area contributed by atoms with E-state index in [2.05, 4.69) is 20.6 Å². The van der Waals surface area contributed by atoms with E-state index in [-0.39, 0.29) is 5.65 Å². The SMILES string of the molecule is FC(F)(F)C(F)(F)c1nnc2c3ccccc3c(N3CC[NH2+]CC3)nn12. The molecule has 1 aromatic carbocycles. The third kappa shape index (κ3) is 2.45. The van der Waals surface area contributed by atoms with Gasteiger partial charge in [0.2, 0.25) is 5.82 Å². The molecule has 0 saturated carbocycles. The number of piperazine rings is 1. The predicted octanol–water partition coefficient (Wildman–Crippen LogP) is 1.32. The van der Waals surface area contributed by atoms with Crippen molar-refractivity contribution in [3.05, 3.63) is 30.1 Å². The van der Waals surface area contributed by atoms with Gasteiger partial charge in [0.25, 0.3) is 0 Å². The number of benzene rings is 1. The first-order valence-corrected chi connectivity index (χ1v) is 7.96. The number of nitrogens with two attached hydrogens (primary N) is 1. The summed E-state index contributed by atoms with van der Waals surface area (Å²) in [6.45, 7) is 2.77. The predicted molar refractivity (Wildman–Crippen MR) is 82.1 cm³/mol. The van der Waals surface area contributed by atoms with Crippen molar-refractivity contribution in [2.45, 2.75) is 12.1 Å². The fourth-order valence-electron chi connectivity index (χ4n) is 3.08. The van der Waals surface area contributed by atoms with Gasteiger partial charge in [-0.15, -0.1) is 15.3 Å². The Morgan fingerprint density at radius 2 is 1.58 bits per heavy atom. The average molecular weight is 373 g/mol. The van der Waals surface area contributed by atoms with E-state index >= 15 is 0 Å². The summed E-state index contributed by atoms with van der Waals surface area (Å²) in [5.41, 5.74) is -0.133. The second-order valence-electron chi connectivity index (χ2n) is 6.05. The minimum absolute atomic E-state index is 0.133. The van der Waals surface area contributed by atoms with Gasteiger partial charge in [-0.2, -0.15) is 26.5 Å². The molecule has 0 radical (unpaired) electrons. The lowest BCUT2D eigenvalue weighted by atomic mass is 10.1. The Balaban J connectivity index is 2.00. The smallest absolute Gasteiger partial charge is 0.343 e. The van der Waals surface area contributed by atoms with Crippen LogP contribution in [0.5, 0.6) is 0 Å². The Morgan fingerprint density at radius 3 is 2.23 bits per heavy atom. The monoisotopic (exact) mass is 373 g/mol. The Hall–Kier alpha value is -2.56. The largest absolute Gasteiger partial charge is 0.461 e. The van der Waals surface area contributed by atoms with Gasteiger partial charge < -0.3 is 10.2 Å². The van der Waals surface area contributed by atoms with Crippen LogP contribution in [0.2, 0.25) is 0 Å². The molecule has 6 nitrogen and oxygen atoms in total. The highest BCUT2D eigenvalue weighted by molar-refractivity contribution is 6.00. The summed E-state index contributed by atoms with van der Waals surface area (Å²) in [5.74, 6) is -6.34. The number of nitrogens with zero attached hydrogens (tertiary/aromatic N) is 5. The van der Waals surface area contributed by atoms with Crippen molar-refractivity contribution in [2.75, 3.05) is 31.1 Å². The van der Waals surface area contributed by atoms with Gasteiger partial charge in [0.15, 0.2) is 11.5 Å². The zero-order chi connectivity index (χ0) is 18.5. The molecule has 0 amide bonds. The standard InChI is InChI=1S/C15H13F5N6/c16-14(17,15(18,19)20)13-23-22-11-9-3-1-2-4-10(9)12(24-26(11)13)25-7-5-21-6-8-25/h1-4,21H,5-8H2/p+1. The lowest BCUT2D eigenvalue weighted by molar-refractivity contribution is -0.655. The second-order valence-corrected chi connectivity index (χ2v) is 6.05. The molecule has 138 valence electrons. The zero-order valence-electron chi connectivity index (χ0n) is 13.3. The van der Waals surface area contributed by atoms with Crippen molar-refractivity contribution in [1.29, 1.82) is 0 Å². The summed E-state index contributed by atoms with van der Waals surface area (Å²) < 4.78 is 66.8. The molecule has 3 aromatic rings.